The zero-order chi connectivity index (χ0) is 20.5. The first kappa shape index (κ1) is 24.3. The van der Waals surface area contributed by atoms with Gasteiger partial charge in [0.15, 0.2) is 0 Å². The Bertz CT molecular complexity index is 526. The lowest BCUT2D eigenvalue weighted by molar-refractivity contribution is -0.870. The summed E-state index contributed by atoms with van der Waals surface area (Å²) >= 11 is 0. The molecular formula is C18H35NO7P+. The van der Waals surface area contributed by atoms with Gasteiger partial charge >= 0.3 is 13.8 Å². The molecule has 0 saturated heterocycles. The molecule has 2 unspecified atom stereocenters. The molecule has 1 rings (SSSR count). The summed E-state index contributed by atoms with van der Waals surface area (Å²) in [5.74, 6) is -0.583. The van der Waals surface area contributed by atoms with E-state index in [9.17, 15) is 14.3 Å². The van der Waals surface area contributed by atoms with Crippen LogP contribution >= 0.6 is 7.82 Å². The van der Waals surface area contributed by atoms with Crippen molar-refractivity contribution in [2.24, 2.45) is 0 Å². The van der Waals surface area contributed by atoms with Crippen LogP contribution in [0.5, 0.6) is 0 Å². The summed E-state index contributed by atoms with van der Waals surface area (Å²) < 4.78 is 34.0. The molecule has 9 heteroatoms. The van der Waals surface area contributed by atoms with Gasteiger partial charge in [0.05, 0.1) is 33.9 Å². The molecule has 1 saturated carbocycles. The largest absolute Gasteiger partial charge is 0.472 e. The fraction of sp³-hybridized carbons (Fsp3) is 0.833. The molecular weight excluding hydrogens is 373 g/mol. The zero-order valence-corrected chi connectivity index (χ0v) is 17.9. The van der Waals surface area contributed by atoms with Crippen LogP contribution in [0.3, 0.4) is 0 Å². The third-order valence-electron chi connectivity index (χ3n) is 4.12. The number of ether oxygens (including phenoxy) is 2. The van der Waals surface area contributed by atoms with Gasteiger partial charge in [0, 0.05) is 5.57 Å². The van der Waals surface area contributed by atoms with E-state index in [2.05, 4.69) is 6.58 Å². The first-order valence-electron chi connectivity index (χ1n) is 9.39. The SMILES string of the molecule is C=C(C)C(=O)OCC(COC1CCCCC1)OP(=O)(O)OCC[N+](C)(C)C. The van der Waals surface area contributed by atoms with Gasteiger partial charge in [-0.3, -0.25) is 9.05 Å². The Kier molecular flexibility index (Phi) is 10.2. The van der Waals surface area contributed by atoms with Gasteiger partial charge in [0.1, 0.15) is 25.9 Å². The van der Waals surface area contributed by atoms with Crippen LogP contribution in [0.15, 0.2) is 12.2 Å². The topological polar surface area (TPSA) is 91.3 Å². The molecule has 27 heavy (non-hydrogen) atoms. The number of hydrogen-bond acceptors (Lipinski definition) is 6. The van der Waals surface area contributed by atoms with E-state index in [1.54, 1.807) is 0 Å². The zero-order valence-electron chi connectivity index (χ0n) is 17.0. The van der Waals surface area contributed by atoms with Crippen molar-refractivity contribution in [2.75, 3.05) is 47.5 Å². The van der Waals surface area contributed by atoms with Crippen molar-refractivity contribution in [2.45, 2.75) is 51.2 Å². The van der Waals surface area contributed by atoms with E-state index in [1.165, 1.54) is 13.3 Å². The second kappa shape index (κ2) is 11.3. The van der Waals surface area contributed by atoms with Crippen molar-refractivity contribution in [3.05, 3.63) is 12.2 Å². The summed E-state index contributed by atoms with van der Waals surface area (Å²) in [6.45, 7) is 5.50. The predicted molar refractivity (Wildman–Crippen MR) is 102 cm³/mol. The maximum Gasteiger partial charge on any atom is 0.472 e. The van der Waals surface area contributed by atoms with Gasteiger partial charge in [-0.15, -0.1) is 0 Å². The number of nitrogens with zero attached hydrogens (tertiary/aromatic N) is 1. The number of phosphoric ester groups is 1. The standard InChI is InChI=1S/C18H34NO7P/c1-15(2)18(20)24-14-17(13-23-16-9-7-6-8-10-16)26-27(21,22)25-12-11-19(3,4)5/h16-17H,1,6-14H2,2-5H3/p+1. The Morgan fingerprint density at radius 2 is 1.85 bits per heavy atom. The number of quaternary nitrogens is 1. The summed E-state index contributed by atoms with van der Waals surface area (Å²) in [5.41, 5.74) is 0.244. The van der Waals surface area contributed by atoms with Crippen LogP contribution in [0.25, 0.3) is 0 Å². The Hall–Kier alpha value is -0.760. The minimum atomic E-state index is -4.29. The molecule has 2 atom stereocenters. The number of likely N-dealkylation sites (N-methyl/N-ethyl adjacent to an activating group) is 1. The Morgan fingerprint density at radius 1 is 1.22 bits per heavy atom. The number of phosphoric acid groups is 1. The Morgan fingerprint density at radius 3 is 2.41 bits per heavy atom. The minimum Gasteiger partial charge on any atom is -0.459 e. The Balaban J connectivity index is 2.57. The van der Waals surface area contributed by atoms with Gasteiger partial charge in [-0.2, -0.15) is 0 Å². The maximum atomic E-state index is 12.2. The van der Waals surface area contributed by atoms with Crippen LogP contribution in [0, 0.1) is 0 Å². The van der Waals surface area contributed by atoms with Crippen LogP contribution in [-0.2, 0) is 27.9 Å². The number of rotatable bonds is 12. The molecule has 0 bridgehead atoms. The van der Waals surface area contributed by atoms with Crippen LogP contribution in [-0.4, -0.2) is 75.1 Å². The van der Waals surface area contributed by atoms with Crippen molar-refractivity contribution < 1.29 is 37.3 Å². The van der Waals surface area contributed by atoms with Crippen molar-refractivity contribution in [3.8, 4) is 0 Å². The summed E-state index contributed by atoms with van der Waals surface area (Å²) in [6.07, 6.45) is 4.52. The van der Waals surface area contributed by atoms with Gasteiger partial charge < -0.3 is 18.9 Å². The molecule has 0 heterocycles. The lowest BCUT2D eigenvalue weighted by atomic mass is 9.98. The molecule has 0 aromatic heterocycles. The van der Waals surface area contributed by atoms with Gasteiger partial charge in [0.25, 0.3) is 0 Å². The highest BCUT2D eigenvalue weighted by Gasteiger charge is 2.29. The molecule has 0 radical (unpaired) electrons. The summed E-state index contributed by atoms with van der Waals surface area (Å²) in [5, 5.41) is 0. The first-order chi connectivity index (χ1) is 12.5. The Labute approximate surface area is 162 Å². The highest BCUT2D eigenvalue weighted by Crippen LogP contribution is 2.44. The lowest BCUT2D eigenvalue weighted by Gasteiger charge is -2.27. The fourth-order valence-corrected chi connectivity index (χ4v) is 3.40. The summed E-state index contributed by atoms with van der Waals surface area (Å²) in [7, 11) is 1.55. The highest BCUT2D eigenvalue weighted by atomic mass is 31.2. The van der Waals surface area contributed by atoms with Crippen molar-refractivity contribution >= 4 is 13.8 Å². The van der Waals surface area contributed by atoms with E-state index in [-0.39, 0.29) is 31.5 Å². The van der Waals surface area contributed by atoms with Gasteiger partial charge in [0.2, 0.25) is 0 Å². The fourth-order valence-electron chi connectivity index (χ4n) is 2.52. The third kappa shape index (κ3) is 11.6. The first-order valence-corrected chi connectivity index (χ1v) is 10.9. The second-order valence-corrected chi connectivity index (χ2v) is 9.42. The van der Waals surface area contributed by atoms with E-state index in [0.29, 0.717) is 11.0 Å². The average molecular weight is 408 g/mol. The molecule has 158 valence electrons. The van der Waals surface area contributed by atoms with Gasteiger partial charge in [-0.05, 0) is 19.8 Å². The van der Waals surface area contributed by atoms with E-state index in [1.807, 2.05) is 21.1 Å². The van der Waals surface area contributed by atoms with Crippen molar-refractivity contribution in [1.82, 2.24) is 0 Å². The third-order valence-corrected chi connectivity index (χ3v) is 5.19. The lowest BCUT2D eigenvalue weighted by Crippen LogP contribution is -2.37. The van der Waals surface area contributed by atoms with Crippen LogP contribution in [0.1, 0.15) is 39.0 Å². The second-order valence-electron chi connectivity index (χ2n) is 8.02. The number of hydrogen-bond donors (Lipinski definition) is 1. The van der Waals surface area contributed by atoms with E-state index in [4.69, 9.17) is 18.5 Å². The molecule has 0 amide bonds. The number of carbonyl (C=O) groups excluding carboxylic acids is 1. The van der Waals surface area contributed by atoms with Crippen molar-refractivity contribution in [3.63, 3.8) is 0 Å². The van der Waals surface area contributed by atoms with Gasteiger partial charge in [-0.1, -0.05) is 25.8 Å². The van der Waals surface area contributed by atoms with Crippen molar-refractivity contribution in [1.29, 1.82) is 0 Å². The van der Waals surface area contributed by atoms with Gasteiger partial charge in [-0.25, -0.2) is 9.36 Å². The molecule has 1 fully saturated rings. The number of esters is 1. The minimum absolute atomic E-state index is 0.0530. The normalized spacial score (nSPS) is 19.3. The molecule has 1 N–H and O–H groups in total. The van der Waals surface area contributed by atoms with Crippen LogP contribution < -0.4 is 0 Å². The molecule has 0 aromatic rings. The summed E-state index contributed by atoms with van der Waals surface area (Å²) in [6, 6.07) is 0. The molecule has 1 aliphatic rings. The van der Waals surface area contributed by atoms with E-state index >= 15 is 0 Å². The maximum absolute atomic E-state index is 12.2. The van der Waals surface area contributed by atoms with Crippen LogP contribution in [0.2, 0.25) is 0 Å². The average Bonchev–Trinajstić information content (AvgIpc) is 2.56. The van der Waals surface area contributed by atoms with Crippen LogP contribution in [0.4, 0.5) is 0 Å². The smallest absolute Gasteiger partial charge is 0.459 e. The molecule has 1 aliphatic carbocycles. The number of carbonyl (C=O) groups is 1. The predicted octanol–water partition coefficient (Wildman–Crippen LogP) is 2.66. The molecule has 0 aromatic carbocycles. The molecule has 8 nitrogen and oxygen atoms in total. The quantitative estimate of drug-likeness (QED) is 0.230. The monoisotopic (exact) mass is 408 g/mol. The van der Waals surface area contributed by atoms with E-state index in [0.717, 1.165) is 25.7 Å². The molecule has 0 aliphatic heterocycles. The molecule has 0 spiro atoms. The van der Waals surface area contributed by atoms with E-state index < -0.39 is 19.9 Å². The summed E-state index contributed by atoms with van der Waals surface area (Å²) in [4.78, 5) is 21.6. The highest BCUT2D eigenvalue weighted by molar-refractivity contribution is 7.47.